The lowest BCUT2D eigenvalue weighted by atomic mass is 10.1. The molecule has 0 atom stereocenters. The molecular weight excluding hydrogens is 398 g/mol. The molecule has 2 aromatic rings. The molecule has 162 valence electrons. The topological polar surface area (TPSA) is 97.3 Å². The molecule has 0 aromatic heterocycles. The fraction of sp³-hybridized carbons (Fsp3) is 0.304. The number of hydrogen-bond acceptors (Lipinski definition) is 6. The van der Waals surface area contributed by atoms with Gasteiger partial charge in [-0.2, -0.15) is 0 Å². The zero-order valence-electron chi connectivity index (χ0n) is 18.0. The van der Waals surface area contributed by atoms with E-state index in [0.717, 1.165) is 0 Å². The van der Waals surface area contributed by atoms with Gasteiger partial charge in [0.15, 0.2) is 0 Å². The Morgan fingerprint density at radius 3 is 2.29 bits per heavy atom. The number of carbonyl (C=O) groups excluding carboxylic acids is 3. The molecule has 0 radical (unpaired) electrons. The van der Waals surface area contributed by atoms with E-state index < -0.39 is 11.6 Å². The third-order valence-electron chi connectivity index (χ3n) is 4.84. The minimum absolute atomic E-state index is 0.158. The van der Waals surface area contributed by atoms with Gasteiger partial charge in [-0.05, 0) is 69.3 Å². The molecule has 1 heterocycles. The SMILES string of the molecule is CCOC(=O)c1ccc(NC(=O)CN2C(=O)C(c3ccc(OC)cc3)=NC2(C)C)cc1. The number of esters is 1. The van der Waals surface area contributed by atoms with Crippen LogP contribution in [0.2, 0.25) is 0 Å². The Balaban J connectivity index is 1.67. The minimum Gasteiger partial charge on any atom is -0.497 e. The lowest BCUT2D eigenvalue weighted by Gasteiger charge is -2.28. The van der Waals surface area contributed by atoms with E-state index in [1.807, 2.05) is 0 Å². The number of ether oxygens (including phenoxy) is 2. The number of aliphatic imine (C=N–C) groups is 1. The van der Waals surface area contributed by atoms with Crippen LogP contribution in [0, 0.1) is 0 Å². The molecule has 0 aliphatic carbocycles. The minimum atomic E-state index is -0.864. The summed E-state index contributed by atoms with van der Waals surface area (Å²) in [6.45, 7) is 5.43. The van der Waals surface area contributed by atoms with Gasteiger partial charge < -0.3 is 19.7 Å². The number of methoxy groups -OCH3 is 1. The van der Waals surface area contributed by atoms with E-state index in [0.29, 0.717) is 28.3 Å². The van der Waals surface area contributed by atoms with Gasteiger partial charge >= 0.3 is 5.97 Å². The van der Waals surface area contributed by atoms with Crippen molar-refractivity contribution in [3.8, 4) is 5.75 Å². The third-order valence-corrected chi connectivity index (χ3v) is 4.84. The molecule has 8 heteroatoms. The number of amides is 2. The Morgan fingerprint density at radius 2 is 1.71 bits per heavy atom. The summed E-state index contributed by atoms with van der Waals surface area (Å²) in [5.41, 5.74) is 1.01. The van der Waals surface area contributed by atoms with E-state index in [9.17, 15) is 14.4 Å². The lowest BCUT2D eigenvalue weighted by molar-refractivity contribution is -0.131. The van der Waals surface area contributed by atoms with Gasteiger partial charge in [0, 0.05) is 11.3 Å². The van der Waals surface area contributed by atoms with Gasteiger partial charge in [0.05, 0.1) is 19.3 Å². The van der Waals surface area contributed by atoms with E-state index in [4.69, 9.17) is 9.47 Å². The summed E-state index contributed by atoms with van der Waals surface area (Å²) in [5.74, 6) is -0.424. The van der Waals surface area contributed by atoms with E-state index in [-0.39, 0.29) is 25.0 Å². The van der Waals surface area contributed by atoms with Gasteiger partial charge in [0.25, 0.3) is 5.91 Å². The number of nitrogens with one attached hydrogen (secondary N) is 1. The molecule has 1 aliphatic heterocycles. The largest absolute Gasteiger partial charge is 0.497 e. The summed E-state index contributed by atoms with van der Waals surface area (Å²) in [5, 5.41) is 2.74. The Kier molecular flexibility index (Phi) is 6.39. The molecule has 0 saturated heterocycles. The summed E-state index contributed by atoms with van der Waals surface area (Å²) in [6, 6.07) is 13.4. The van der Waals surface area contributed by atoms with Crippen molar-refractivity contribution in [1.82, 2.24) is 4.90 Å². The molecule has 3 rings (SSSR count). The van der Waals surface area contributed by atoms with Crippen molar-refractivity contribution in [2.24, 2.45) is 4.99 Å². The molecule has 1 aliphatic rings. The quantitative estimate of drug-likeness (QED) is 0.691. The highest BCUT2D eigenvalue weighted by atomic mass is 16.5. The average Bonchev–Trinajstić information content (AvgIpc) is 2.98. The maximum absolute atomic E-state index is 13.0. The maximum atomic E-state index is 13.0. The monoisotopic (exact) mass is 423 g/mol. The summed E-state index contributed by atoms with van der Waals surface area (Å²) >= 11 is 0. The van der Waals surface area contributed by atoms with E-state index in [2.05, 4.69) is 10.3 Å². The maximum Gasteiger partial charge on any atom is 0.338 e. The normalized spacial score (nSPS) is 14.8. The molecule has 0 saturated carbocycles. The standard InChI is InChI=1S/C23H25N3O5/c1-5-31-22(29)16-6-10-17(11-7-16)24-19(27)14-26-21(28)20(25-23(26,2)3)15-8-12-18(30-4)13-9-15/h6-13H,5,14H2,1-4H3,(H,24,27). The van der Waals surface area contributed by atoms with Crippen molar-refractivity contribution in [2.75, 3.05) is 25.6 Å². The first-order valence-electron chi connectivity index (χ1n) is 9.88. The second-order valence-corrected chi connectivity index (χ2v) is 7.42. The van der Waals surface area contributed by atoms with Crippen LogP contribution in [-0.4, -0.2) is 54.3 Å². The molecule has 0 spiro atoms. The zero-order chi connectivity index (χ0) is 22.6. The Morgan fingerprint density at radius 1 is 1.06 bits per heavy atom. The molecular formula is C23H25N3O5. The first-order chi connectivity index (χ1) is 14.7. The Bertz CT molecular complexity index is 1010. The highest BCUT2D eigenvalue weighted by Crippen LogP contribution is 2.27. The Labute approximate surface area is 180 Å². The third kappa shape index (κ3) is 4.91. The van der Waals surface area contributed by atoms with Crippen LogP contribution in [0.25, 0.3) is 0 Å². The first kappa shape index (κ1) is 22.0. The van der Waals surface area contributed by atoms with Crippen LogP contribution in [-0.2, 0) is 14.3 Å². The zero-order valence-corrected chi connectivity index (χ0v) is 18.0. The van der Waals surface area contributed by atoms with Crippen molar-refractivity contribution in [1.29, 1.82) is 0 Å². The highest BCUT2D eigenvalue weighted by molar-refractivity contribution is 6.47. The first-order valence-corrected chi connectivity index (χ1v) is 9.88. The van der Waals surface area contributed by atoms with E-state index >= 15 is 0 Å². The highest BCUT2D eigenvalue weighted by Gasteiger charge is 2.41. The summed E-state index contributed by atoms with van der Waals surface area (Å²) in [6.07, 6.45) is 0. The molecule has 0 fully saturated rings. The molecule has 8 nitrogen and oxygen atoms in total. The van der Waals surface area contributed by atoms with Crippen molar-refractivity contribution >= 4 is 29.2 Å². The predicted molar refractivity (Wildman–Crippen MR) is 116 cm³/mol. The number of hydrogen-bond donors (Lipinski definition) is 1. The van der Waals surface area contributed by atoms with Crippen LogP contribution >= 0.6 is 0 Å². The Hall–Kier alpha value is -3.68. The van der Waals surface area contributed by atoms with Crippen molar-refractivity contribution in [3.63, 3.8) is 0 Å². The van der Waals surface area contributed by atoms with Gasteiger partial charge in [-0.15, -0.1) is 0 Å². The van der Waals surface area contributed by atoms with Crippen molar-refractivity contribution in [3.05, 3.63) is 59.7 Å². The molecule has 1 N–H and O–H groups in total. The van der Waals surface area contributed by atoms with E-state index in [1.54, 1.807) is 76.4 Å². The second kappa shape index (κ2) is 8.99. The summed E-state index contributed by atoms with van der Waals surface area (Å²) in [4.78, 5) is 43.3. The fourth-order valence-corrected chi connectivity index (χ4v) is 3.21. The number of carbonyl (C=O) groups is 3. The lowest BCUT2D eigenvalue weighted by Crippen LogP contribution is -2.46. The molecule has 2 aromatic carbocycles. The average molecular weight is 423 g/mol. The van der Waals surface area contributed by atoms with Crippen LogP contribution in [0.5, 0.6) is 5.75 Å². The van der Waals surface area contributed by atoms with Gasteiger partial charge in [-0.1, -0.05) is 0 Å². The van der Waals surface area contributed by atoms with Gasteiger partial charge in [-0.25, -0.2) is 4.79 Å². The van der Waals surface area contributed by atoms with Crippen LogP contribution in [0.3, 0.4) is 0 Å². The van der Waals surface area contributed by atoms with Crippen LogP contribution < -0.4 is 10.1 Å². The van der Waals surface area contributed by atoms with Crippen LogP contribution in [0.15, 0.2) is 53.5 Å². The number of anilines is 1. The number of rotatable bonds is 7. The second-order valence-electron chi connectivity index (χ2n) is 7.42. The molecule has 31 heavy (non-hydrogen) atoms. The smallest absolute Gasteiger partial charge is 0.338 e. The van der Waals surface area contributed by atoms with Gasteiger partial charge in [-0.3, -0.25) is 14.6 Å². The number of nitrogens with zero attached hydrogens (tertiary/aromatic N) is 2. The summed E-state index contributed by atoms with van der Waals surface area (Å²) < 4.78 is 10.1. The fourth-order valence-electron chi connectivity index (χ4n) is 3.21. The summed E-state index contributed by atoms with van der Waals surface area (Å²) in [7, 11) is 1.57. The molecule has 2 amide bonds. The van der Waals surface area contributed by atoms with Crippen molar-refractivity contribution in [2.45, 2.75) is 26.4 Å². The van der Waals surface area contributed by atoms with Gasteiger partial charge in [0.2, 0.25) is 5.91 Å². The molecule has 0 unspecified atom stereocenters. The van der Waals surface area contributed by atoms with Gasteiger partial charge in [0.1, 0.15) is 23.7 Å². The van der Waals surface area contributed by atoms with Crippen LogP contribution in [0.1, 0.15) is 36.7 Å². The van der Waals surface area contributed by atoms with E-state index in [1.165, 1.54) is 4.90 Å². The van der Waals surface area contributed by atoms with Crippen molar-refractivity contribution < 1.29 is 23.9 Å². The number of benzene rings is 2. The predicted octanol–water partition coefficient (Wildman–Crippen LogP) is 2.88. The molecule has 0 bridgehead atoms. The van der Waals surface area contributed by atoms with Crippen LogP contribution in [0.4, 0.5) is 5.69 Å².